The summed E-state index contributed by atoms with van der Waals surface area (Å²) in [6.45, 7) is 0. The lowest BCUT2D eigenvalue weighted by atomic mass is 10.1. The van der Waals surface area contributed by atoms with Crippen LogP contribution in [0.15, 0.2) is 42.5 Å². The molecule has 1 unspecified atom stereocenters. The molecule has 168 valence electrons. The van der Waals surface area contributed by atoms with E-state index in [9.17, 15) is 14.4 Å². The van der Waals surface area contributed by atoms with Crippen molar-refractivity contribution in [2.24, 2.45) is 0 Å². The second-order valence-electron chi connectivity index (χ2n) is 6.87. The molecule has 32 heavy (non-hydrogen) atoms. The van der Waals surface area contributed by atoms with Crippen LogP contribution in [0.3, 0.4) is 0 Å². The molecule has 1 aliphatic rings. The Hall–Kier alpha value is -3.37. The minimum Gasteiger partial charge on any atom is -0.497 e. The van der Waals surface area contributed by atoms with Crippen LogP contribution < -0.4 is 20.2 Å². The van der Waals surface area contributed by atoms with Crippen LogP contribution in [0.25, 0.3) is 0 Å². The SMILES string of the molecule is COc1cc(OC)cc(C(=O)NN2C(=S)N(C)C(=O)C2CC(=O)Nc2cccc(Cl)c2)c1. The first-order valence-corrected chi connectivity index (χ1v) is 10.2. The van der Waals surface area contributed by atoms with E-state index in [1.54, 1.807) is 30.3 Å². The number of carbonyl (C=O) groups is 3. The average Bonchev–Trinajstić information content (AvgIpc) is 2.97. The molecule has 3 amide bonds. The van der Waals surface area contributed by atoms with Crippen LogP contribution in [-0.4, -0.2) is 60.1 Å². The van der Waals surface area contributed by atoms with E-state index in [0.717, 1.165) is 0 Å². The molecule has 0 saturated carbocycles. The highest BCUT2D eigenvalue weighted by Crippen LogP contribution is 2.24. The smallest absolute Gasteiger partial charge is 0.270 e. The number of halogens is 1. The Kier molecular flexibility index (Phi) is 7.16. The number of carbonyl (C=O) groups excluding carboxylic acids is 3. The Morgan fingerprint density at radius 1 is 1.12 bits per heavy atom. The van der Waals surface area contributed by atoms with Gasteiger partial charge in [0.25, 0.3) is 11.8 Å². The predicted octanol–water partition coefficient (Wildman–Crippen LogP) is 2.46. The maximum absolute atomic E-state index is 12.9. The molecule has 0 bridgehead atoms. The minimum atomic E-state index is -1.01. The fraction of sp³-hybridized carbons (Fsp3) is 0.238. The van der Waals surface area contributed by atoms with Gasteiger partial charge in [-0.3, -0.25) is 24.7 Å². The van der Waals surface area contributed by atoms with Crippen LogP contribution in [0.2, 0.25) is 5.02 Å². The highest BCUT2D eigenvalue weighted by molar-refractivity contribution is 7.80. The lowest BCUT2D eigenvalue weighted by Gasteiger charge is -2.24. The van der Waals surface area contributed by atoms with Gasteiger partial charge >= 0.3 is 0 Å². The number of thiocarbonyl (C=S) groups is 1. The fourth-order valence-electron chi connectivity index (χ4n) is 3.09. The third kappa shape index (κ3) is 5.09. The third-order valence-electron chi connectivity index (χ3n) is 4.74. The first-order chi connectivity index (χ1) is 15.2. The van der Waals surface area contributed by atoms with Gasteiger partial charge in [-0.25, -0.2) is 5.01 Å². The van der Waals surface area contributed by atoms with Crippen molar-refractivity contribution in [3.63, 3.8) is 0 Å². The maximum Gasteiger partial charge on any atom is 0.270 e. The highest BCUT2D eigenvalue weighted by atomic mass is 35.5. The van der Waals surface area contributed by atoms with Crippen LogP contribution in [-0.2, 0) is 9.59 Å². The summed E-state index contributed by atoms with van der Waals surface area (Å²) in [6, 6.07) is 10.3. The van der Waals surface area contributed by atoms with Crippen molar-refractivity contribution >= 4 is 52.3 Å². The first-order valence-electron chi connectivity index (χ1n) is 9.43. The number of hydrogen-bond donors (Lipinski definition) is 2. The largest absolute Gasteiger partial charge is 0.497 e. The molecule has 11 heteroatoms. The van der Waals surface area contributed by atoms with Gasteiger partial charge < -0.3 is 14.8 Å². The number of anilines is 1. The lowest BCUT2D eigenvalue weighted by molar-refractivity contribution is -0.130. The van der Waals surface area contributed by atoms with Gasteiger partial charge in [-0.2, -0.15) is 0 Å². The summed E-state index contributed by atoms with van der Waals surface area (Å²) in [6.07, 6.45) is -0.239. The highest BCUT2D eigenvalue weighted by Gasteiger charge is 2.42. The molecule has 1 heterocycles. The second kappa shape index (κ2) is 9.84. The minimum absolute atomic E-state index is 0.0683. The summed E-state index contributed by atoms with van der Waals surface area (Å²) >= 11 is 11.2. The van der Waals surface area contributed by atoms with Gasteiger partial charge in [0, 0.05) is 29.4 Å². The molecule has 2 N–H and O–H groups in total. The number of methoxy groups -OCH3 is 2. The van der Waals surface area contributed by atoms with Gasteiger partial charge in [0.2, 0.25) is 5.91 Å². The fourth-order valence-corrected chi connectivity index (χ4v) is 3.55. The quantitative estimate of drug-likeness (QED) is 0.592. The summed E-state index contributed by atoms with van der Waals surface area (Å²) in [5, 5.41) is 4.43. The summed E-state index contributed by atoms with van der Waals surface area (Å²) in [7, 11) is 4.41. The Bertz CT molecular complexity index is 1060. The number of rotatable bonds is 7. The Morgan fingerprint density at radius 3 is 2.38 bits per heavy atom. The number of likely N-dealkylation sites (N-methyl/N-ethyl adjacent to an activating group) is 1. The topological polar surface area (TPSA) is 100 Å². The Balaban J connectivity index is 1.77. The van der Waals surface area contributed by atoms with E-state index in [4.69, 9.17) is 33.3 Å². The molecular formula is C21H21ClN4O5S. The molecule has 0 aromatic heterocycles. The maximum atomic E-state index is 12.9. The summed E-state index contributed by atoms with van der Waals surface area (Å²) in [5.41, 5.74) is 3.33. The third-order valence-corrected chi connectivity index (χ3v) is 5.45. The molecular weight excluding hydrogens is 456 g/mol. The van der Waals surface area contributed by atoms with E-state index in [1.165, 1.54) is 43.3 Å². The van der Waals surface area contributed by atoms with E-state index in [1.807, 2.05) is 0 Å². The monoisotopic (exact) mass is 476 g/mol. The van der Waals surface area contributed by atoms with Crippen molar-refractivity contribution in [3.8, 4) is 11.5 Å². The molecule has 2 aromatic rings. The predicted molar refractivity (Wildman–Crippen MR) is 123 cm³/mol. The Labute approximate surface area is 195 Å². The van der Waals surface area contributed by atoms with Crippen LogP contribution in [0, 0.1) is 0 Å². The van der Waals surface area contributed by atoms with E-state index in [2.05, 4.69) is 10.7 Å². The van der Waals surface area contributed by atoms with Crippen molar-refractivity contribution in [1.82, 2.24) is 15.3 Å². The van der Waals surface area contributed by atoms with Crippen molar-refractivity contribution in [1.29, 1.82) is 0 Å². The lowest BCUT2D eigenvalue weighted by Crippen LogP contribution is -2.49. The normalized spacial score (nSPS) is 15.6. The summed E-state index contributed by atoms with van der Waals surface area (Å²) < 4.78 is 10.4. The number of amides is 3. The number of ether oxygens (including phenoxy) is 2. The summed E-state index contributed by atoms with van der Waals surface area (Å²) in [5.74, 6) is -0.563. The summed E-state index contributed by atoms with van der Waals surface area (Å²) in [4.78, 5) is 39.4. The number of nitrogens with one attached hydrogen (secondary N) is 2. The zero-order valence-electron chi connectivity index (χ0n) is 17.5. The van der Waals surface area contributed by atoms with Gasteiger partial charge in [0.05, 0.1) is 20.6 Å². The first kappa shape index (κ1) is 23.3. The molecule has 1 aliphatic heterocycles. The zero-order valence-corrected chi connectivity index (χ0v) is 19.1. The van der Waals surface area contributed by atoms with Crippen molar-refractivity contribution < 1.29 is 23.9 Å². The number of hydrazine groups is 1. The molecule has 1 saturated heterocycles. The van der Waals surface area contributed by atoms with Crippen molar-refractivity contribution in [3.05, 3.63) is 53.1 Å². The van der Waals surface area contributed by atoms with Crippen molar-refractivity contribution in [2.45, 2.75) is 12.5 Å². The molecule has 9 nitrogen and oxygen atoms in total. The molecule has 1 atom stereocenters. The molecule has 1 fully saturated rings. The van der Waals surface area contributed by atoms with Crippen LogP contribution in [0.5, 0.6) is 11.5 Å². The molecule has 2 aromatic carbocycles. The van der Waals surface area contributed by atoms with E-state index in [0.29, 0.717) is 22.2 Å². The van der Waals surface area contributed by atoms with Gasteiger partial charge in [-0.05, 0) is 42.5 Å². The van der Waals surface area contributed by atoms with Gasteiger partial charge in [-0.1, -0.05) is 17.7 Å². The van der Waals surface area contributed by atoms with Crippen molar-refractivity contribution in [2.75, 3.05) is 26.6 Å². The molecule has 0 aliphatic carbocycles. The molecule has 0 radical (unpaired) electrons. The molecule has 0 spiro atoms. The number of benzene rings is 2. The van der Waals surface area contributed by atoms with Crippen LogP contribution in [0.4, 0.5) is 5.69 Å². The van der Waals surface area contributed by atoms with Gasteiger partial charge in [0.1, 0.15) is 17.5 Å². The molecule has 3 rings (SSSR count). The van der Waals surface area contributed by atoms with Crippen LogP contribution >= 0.6 is 23.8 Å². The number of hydrogen-bond acceptors (Lipinski definition) is 6. The zero-order chi connectivity index (χ0) is 23.4. The number of nitrogens with zero attached hydrogens (tertiary/aromatic N) is 2. The van der Waals surface area contributed by atoms with E-state index >= 15 is 0 Å². The standard InChI is InChI=1S/C21H21ClN4O5S/c1-25-20(29)17(11-18(27)23-14-6-4-5-13(22)9-14)26(21(25)32)24-19(28)12-7-15(30-2)10-16(8-12)31-3/h4-10,17H,11H2,1-3H3,(H,23,27)(H,24,28). The van der Waals surface area contributed by atoms with E-state index < -0.39 is 23.8 Å². The Morgan fingerprint density at radius 2 is 1.78 bits per heavy atom. The average molecular weight is 477 g/mol. The van der Waals surface area contributed by atoms with Gasteiger partial charge in [0.15, 0.2) is 5.11 Å². The van der Waals surface area contributed by atoms with Crippen LogP contribution in [0.1, 0.15) is 16.8 Å². The van der Waals surface area contributed by atoms with Gasteiger partial charge in [-0.15, -0.1) is 0 Å². The van der Waals surface area contributed by atoms with E-state index in [-0.39, 0.29) is 17.1 Å². The second-order valence-corrected chi connectivity index (χ2v) is 7.67.